The highest BCUT2D eigenvalue weighted by atomic mass is 16.5. The molecule has 0 aliphatic carbocycles. The average Bonchev–Trinajstić information content (AvgIpc) is 3.32. The molecule has 0 unspecified atom stereocenters. The third-order valence-electron chi connectivity index (χ3n) is 5.53. The van der Waals surface area contributed by atoms with Gasteiger partial charge in [0.1, 0.15) is 0 Å². The zero-order valence-corrected chi connectivity index (χ0v) is 15.0. The van der Waals surface area contributed by atoms with Crippen molar-refractivity contribution in [2.75, 3.05) is 26.2 Å². The minimum Gasteiger partial charge on any atom is -0.459 e. The highest BCUT2D eigenvalue weighted by Crippen LogP contribution is 2.34. The van der Waals surface area contributed by atoms with Gasteiger partial charge in [0, 0.05) is 32.3 Å². The van der Waals surface area contributed by atoms with Gasteiger partial charge in [0.25, 0.3) is 5.91 Å². The van der Waals surface area contributed by atoms with E-state index in [1.807, 2.05) is 0 Å². The van der Waals surface area contributed by atoms with Crippen LogP contribution in [0.15, 0.2) is 53.1 Å². The number of nitrogens with zero attached hydrogens (tertiary/aromatic N) is 1. The molecule has 2 saturated heterocycles. The molecule has 3 heterocycles. The van der Waals surface area contributed by atoms with Gasteiger partial charge in [0.2, 0.25) is 0 Å². The van der Waals surface area contributed by atoms with Crippen LogP contribution in [0.25, 0.3) is 0 Å². The van der Waals surface area contributed by atoms with Crippen molar-refractivity contribution in [3.8, 4) is 0 Å². The number of hydrogen-bond acceptors (Lipinski definition) is 4. The van der Waals surface area contributed by atoms with Crippen LogP contribution in [0.1, 0.15) is 35.4 Å². The number of hydrogen-bond donors (Lipinski definition) is 1. The Bertz CT molecular complexity index is 716. The minimum atomic E-state index is -0.129. The SMILES string of the molecule is O=C(N[C@@H]1CCO[C@]2(CCN(CCc3ccccc3)C2)C1)c1ccco1. The number of nitrogens with one attached hydrogen (secondary N) is 1. The molecule has 2 aliphatic rings. The van der Waals surface area contributed by atoms with Crippen LogP contribution >= 0.6 is 0 Å². The molecule has 26 heavy (non-hydrogen) atoms. The highest BCUT2D eigenvalue weighted by molar-refractivity contribution is 5.91. The van der Waals surface area contributed by atoms with Crippen LogP contribution in [0.3, 0.4) is 0 Å². The molecule has 5 heteroatoms. The molecule has 138 valence electrons. The second-order valence-electron chi connectivity index (χ2n) is 7.43. The van der Waals surface area contributed by atoms with Crippen molar-refractivity contribution in [1.29, 1.82) is 0 Å². The van der Waals surface area contributed by atoms with Crippen molar-refractivity contribution in [2.24, 2.45) is 0 Å². The maximum atomic E-state index is 12.2. The van der Waals surface area contributed by atoms with Crippen LogP contribution in [0.2, 0.25) is 0 Å². The van der Waals surface area contributed by atoms with E-state index >= 15 is 0 Å². The van der Waals surface area contributed by atoms with Crippen LogP contribution in [-0.2, 0) is 11.2 Å². The molecule has 1 aromatic carbocycles. The number of likely N-dealkylation sites (tertiary alicyclic amines) is 1. The summed E-state index contributed by atoms with van der Waals surface area (Å²) < 4.78 is 11.4. The summed E-state index contributed by atoms with van der Waals surface area (Å²) in [5.74, 6) is 0.248. The fourth-order valence-electron chi connectivity index (χ4n) is 4.15. The van der Waals surface area contributed by atoms with E-state index in [9.17, 15) is 4.79 Å². The largest absolute Gasteiger partial charge is 0.459 e. The van der Waals surface area contributed by atoms with E-state index in [0.717, 1.165) is 45.3 Å². The number of rotatable bonds is 5. The molecule has 0 saturated carbocycles. The lowest BCUT2D eigenvalue weighted by atomic mass is 9.89. The van der Waals surface area contributed by atoms with E-state index in [1.165, 1.54) is 11.8 Å². The zero-order valence-electron chi connectivity index (χ0n) is 15.0. The molecule has 1 N–H and O–H groups in total. The molecular formula is C21H26N2O3. The highest BCUT2D eigenvalue weighted by Gasteiger charge is 2.43. The Kier molecular flexibility index (Phi) is 5.09. The number of carbonyl (C=O) groups excluding carboxylic acids is 1. The second kappa shape index (κ2) is 7.64. The Morgan fingerprint density at radius 1 is 1.23 bits per heavy atom. The molecule has 0 radical (unpaired) electrons. The Hall–Kier alpha value is -2.11. The van der Waals surface area contributed by atoms with E-state index in [4.69, 9.17) is 9.15 Å². The van der Waals surface area contributed by atoms with Crippen molar-refractivity contribution in [2.45, 2.75) is 37.3 Å². The van der Waals surface area contributed by atoms with Gasteiger partial charge in [0.05, 0.1) is 11.9 Å². The molecular weight excluding hydrogens is 328 g/mol. The van der Waals surface area contributed by atoms with E-state index in [2.05, 4.69) is 40.5 Å². The molecule has 2 aliphatic heterocycles. The Labute approximate surface area is 154 Å². The van der Waals surface area contributed by atoms with Crippen molar-refractivity contribution < 1.29 is 13.9 Å². The molecule has 2 atom stereocenters. The Morgan fingerprint density at radius 3 is 2.92 bits per heavy atom. The van der Waals surface area contributed by atoms with E-state index < -0.39 is 0 Å². The monoisotopic (exact) mass is 354 g/mol. The van der Waals surface area contributed by atoms with Crippen molar-refractivity contribution >= 4 is 5.91 Å². The predicted octanol–water partition coefficient (Wildman–Crippen LogP) is 2.88. The fraction of sp³-hybridized carbons (Fsp3) is 0.476. The lowest BCUT2D eigenvalue weighted by Crippen LogP contribution is -2.50. The normalized spacial score (nSPS) is 26.2. The fourth-order valence-corrected chi connectivity index (χ4v) is 4.15. The topological polar surface area (TPSA) is 54.7 Å². The van der Waals surface area contributed by atoms with Gasteiger partial charge in [-0.15, -0.1) is 0 Å². The molecule has 1 spiro atoms. The summed E-state index contributed by atoms with van der Waals surface area (Å²) in [6.07, 6.45) is 5.37. The predicted molar refractivity (Wildman–Crippen MR) is 99.1 cm³/mol. The van der Waals surface area contributed by atoms with Crippen molar-refractivity contribution in [1.82, 2.24) is 10.2 Å². The summed E-state index contributed by atoms with van der Waals surface area (Å²) in [6.45, 7) is 3.77. The van der Waals surface area contributed by atoms with Gasteiger partial charge >= 0.3 is 0 Å². The smallest absolute Gasteiger partial charge is 0.287 e. The molecule has 4 rings (SSSR count). The maximum Gasteiger partial charge on any atom is 0.287 e. The summed E-state index contributed by atoms with van der Waals surface area (Å²) in [5.41, 5.74) is 1.26. The zero-order chi connectivity index (χ0) is 17.8. The molecule has 5 nitrogen and oxygen atoms in total. The van der Waals surface area contributed by atoms with Crippen LogP contribution in [0.4, 0.5) is 0 Å². The van der Waals surface area contributed by atoms with Gasteiger partial charge in [-0.25, -0.2) is 0 Å². The van der Waals surface area contributed by atoms with Crippen LogP contribution < -0.4 is 5.32 Å². The van der Waals surface area contributed by atoms with E-state index in [0.29, 0.717) is 12.4 Å². The first-order valence-electron chi connectivity index (χ1n) is 9.47. The van der Waals surface area contributed by atoms with Crippen LogP contribution in [0.5, 0.6) is 0 Å². The standard InChI is InChI=1S/C21H26N2O3/c24-20(19-7-4-13-25-19)22-18-9-14-26-21(15-18)10-12-23(16-21)11-8-17-5-2-1-3-6-17/h1-7,13,18H,8-12,14-16H2,(H,22,24)/t18-,21-/m1/s1. The van der Waals surface area contributed by atoms with Gasteiger partial charge in [-0.1, -0.05) is 30.3 Å². The van der Waals surface area contributed by atoms with Crippen LogP contribution in [0, 0.1) is 0 Å². The number of amides is 1. The summed E-state index contributed by atoms with van der Waals surface area (Å²) in [6, 6.07) is 14.2. The Balaban J connectivity index is 1.30. The lowest BCUT2D eigenvalue weighted by molar-refractivity contribution is -0.0789. The first-order chi connectivity index (χ1) is 12.7. The van der Waals surface area contributed by atoms with Gasteiger partial charge in [-0.3, -0.25) is 4.79 Å². The summed E-state index contributed by atoms with van der Waals surface area (Å²) in [4.78, 5) is 14.7. The summed E-state index contributed by atoms with van der Waals surface area (Å²) in [5, 5.41) is 3.11. The number of ether oxygens (including phenoxy) is 1. The molecule has 2 fully saturated rings. The second-order valence-corrected chi connectivity index (χ2v) is 7.43. The number of carbonyl (C=O) groups is 1. The van der Waals surface area contributed by atoms with Gasteiger partial charge < -0.3 is 19.4 Å². The number of benzene rings is 1. The molecule has 1 amide bonds. The van der Waals surface area contributed by atoms with Crippen molar-refractivity contribution in [3.63, 3.8) is 0 Å². The van der Waals surface area contributed by atoms with Crippen molar-refractivity contribution in [3.05, 3.63) is 60.1 Å². The van der Waals surface area contributed by atoms with Gasteiger partial charge in [0.15, 0.2) is 5.76 Å². The maximum absolute atomic E-state index is 12.2. The lowest BCUT2D eigenvalue weighted by Gasteiger charge is -2.38. The third-order valence-corrected chi connectivity index (χ3v) is 5.53. The third kappa shape index (κ3) is 4.00. The number of furan rings is 1. The first-order valence-corrected chi connectivity index (χ1v) is 9.47. The molecule has 1 aromatic heterocycles. The quantitative estimate of drug-likeness (QED) is 0.897. The van der Waals surface area contributed by atoms with E-state index in [1.54, 1.807) is 12.1 Å². The van der Waals surface area contributed by atoms with Gasteiger partial charge in [-0.2, -0.15) is 0 Å². The summed E-state index contributed by atoms with van der Waals surface area (Å²) >= 11 is 0. The van der Waals surface area contributed by atoms with E-state index in [-0.39, 0.29) is 17.6 Å². The van der Waals surface area contributed by atoms with Gasteiger partial charge in [-0.05, 0) is 43.4 Å². The summed E-state index contributed by atoms with van der Waals surface area (Å²) in [7, 11) is 0. The Morgan fingerprint density at radius 2 is 2.12 bits per heavy atom. The molecule has 0 bridgehead atoms. The molecule has 2 aromatic rings. The first kappa shape index (κ1) is 17.3. The minimum absolute atomic E-state index is 0.115. The average molecular weight is 354 g/mol. The van der Waals surface area contributed by atoms with Crippen LogP contribution in [-0.4, -0.2) is 48.7 Å².